The molecule has 13 heavy (non-hydrogen) atoms. The highest BCUT2D eigenvalue weighted by Crippen LogP contribution is 2.16. The van der Waals surface area contributed by atoms with Gasteiger partial charge in [0.25, 0.3) is 0 Å². The first-order valence-electron chi connectivity index (χ1n) is 4.05. The molecule has 0 aromatic heterocycles. The first-order valence-corrected chi connectivity index (χ1v) is 4.68. The summed E-state index contributed by atoms with van der Waals surface area (Å²) in [5, 5.41) is 27.7. The van der Waals surface area contributed by atoms with E-state index in [-0.39, 0.29) is 6.61 Å². The molecule has 1 rings (SSSR count). The molecule has 4 atom stereocenters. The Morgan fingerprint density at radius 3 is 2.62 bits per heavy atom. The van der Waals surface area contributed by atoms with Gasteiger partial charge in [-0.25, -0.2) is 0 Å². The molecule has 0 bridgehead atoms. The van der Waals surface area contributed by atoms with Crippen LogP contribution in [0.4, 0.5) is 0 Å². The van der Waals surface area contributed by atoms with Crippen LogP contribution in [0, 0.1) is 0 Å². The number of aliphatic hydroxyl groups is 3. The smallest absolute Gasteiger partial charge is 0.186 e. The Morgan fingerprint density at radius 2 is 2.00 bits per heavy atom. The lowest BCUT2D eigenvalue weighted by molar-refractivity contribution is -0.268. The van der Waals surface area contributed by atoms with Crippen LogP contribution in [0.25, 0.3) is 0 Å². The Bertz CT molecular complexity index is 154. The Hall–Kier alpha value is 0.150. The van der Waals surface area contributed by atoms with Gasteiger partial charge < -0.3 is 24.8 Å². The molecule has 0 saturated carbocycles. The average molecular weight is 210 g/mol. The topological polar surface area (TPSA) is 79.2 Å². The van der Waals surface area contributed by atoms with Gasteiger partial charge in [0, 0.05) is 5.75 Å². The van der Waals surface area contributed by atoms with Crippen LogP contribution in [-0.4, -0.2) is 58.9 Å². The minimum absolute atomic E-state index is 0.0323. The zero-order valence-electron chi connectivity index (χ0n) is 7.04. The van der Waals surface area contributed by atoms with Crippen molar-refractivity contribution in [2.24, 2.45) is 0 Å². The number of aliphatic hydroxyl groups excluding tert-OH is 3. The lowest BCUT2D eigenvalue weighted by Gasteiger charge is -2.34. The van der Waals surface area contributed by atoms with Crippen LogP contribution in [0.15, 0.2) is 0 Å². The fourth-order valence-electron chi connectivity index (χ4n) is 1.09. The molecule has 1 aliphatic heterocycles. The van der Waals surface area contributed by atoms with Crippen molar-refractivity contribution in [3.63, 3.8) is 0 Å². The van der Waals surface area contributed by atoms with E-state index in [0.717, 1.165) is 0 Å². The van der Waals surface area contributed by atoms with Gasteiger partial charge in [0.1, 0.15) is 18.3 Å². The van der Waals surface area contributed by atoms with Crippen molar-refractivity contribution >= 4 is 12.6 Å². The maximum absolute atomic E-state index is 9.35. The lowest BCUT2D eigenvalue weighted by Crippen LogP contribution is -2.53. The molecule has 78 valence electrons. The van der Waals surface area contributed by atoms with Crippen molar-refractivity contribution in [3.8, 4) is 0 Å². The van der Waals surface area contributed by atoms with E-state index in [1.807, 2.05) is 0 Å². The van der Waals surface area contributed by atoms with Crippen molar-refractivity contribution in [1.29, 1.82) is 0 Å². The molecule has 3 N–H and O–H groups in total. The predicted octanol–water partition coefficient (Wildman–Crippen LogP) is -1.63. The quantitative estimate of drug-likeness (QED) is 0.421. The standard InChI is InChI=1S/C7H14O5S/c8-4-3-12-7(11-1-2-13)6(10)5(4)9/h4-10,13H,1-3H2. The van der Waals surface area contributed by atoms with Crippen LogP contribution in [0.2, 0.25) is 0 Å². The van der Waals surface area contributed by atoms with Crippen LogP contribution in [0.1, 0.15) is 0 Å². The van der Waals surface area contributed by atoms with Gasteiger partial charge >= 0.3 is 0 Å². The molecule has 0 aromatic rings. The maximum Gasteiger partial charge on any atom is 0.186 e. The van der Waals surface area contributed by atoms with Gasteiger partial charge in [-0.2, -0.15) is 12.6 Å². The third-order valence-corrected chi connectivity index (χ3v) is 2.01. The Balaban J connectivity index is 2.39. The third-order valence-electron chi connectivity index (χ3n) is 1.83. The zero-order valence-corrected chi connectivity index (χ0v) is 7.93. The van der Waals surface area contributed by atoms with E-state index in [2.05, 4.69) is 12.6 Å². The number of rotatable bonds is 3. The molecule has 5 nitrogen and oxygen atoms in total. The molecule has 0 aliphatic carbocycles. The molecule has 6 heteroatoms. The van der Waals surface area contributed by atoms with Crippen molar-refractivity contribution in [3.05, 3.63) is 0 Å². The highest BCUT2D eigenvalue weighted by atomic mass is 32.1. The second-order valence-electron chi connectivity index (χ2n) is 2.84. The first-order chi connectivity index (χ1) is 6.16. The first kappa shape index (κ1) is 11.2. The number of thiol groups is 1. The van der Waals surface area contributed by atoms with Crippen molar-refractivity contribution in [1.82, 2.24) is 0 Å². The number of ether oxygens (including phenoxy) is 2. The zero-order chi connectivity index (χ0) is 9.84. The Morgan fingerprint density at radius 1 is 1.31 bits per heavy atom. The van der Waals surface area contributed by atoms with Gasteiger partial charge in [-0.1, -0.05) is 0 Å². The largest absolute Gasteiger partial charge is 0.388 e. The molecule has 0 aromatic carbocycles. The van der Waals surface area contributed by atoms with Crippen LogP contribution in [-0.2, 0) is 9.47 Å². The maximum atomic E-state index is 9.35. The van der Waals surface area contributed by atoms with Crippen molar-refractivity contribution < 1.29 is 24.8 Å². The van der Waals surface area contributed by atoms with Crippen LogP contribution < -0.4 is 0 Å². The molecule has 0 radical (unpaired) electrons. The molecule has 1 aliphatic rings. The molecular weight excluding hydrogens is 196 g/mol. The van der Waals surface area contributed by atoms with Gasteiger partial charge in [-0.05, 0) is 0 Å². The molecule has 0 amide bonds. The molecule has 0 spiro atoms. The SMILES string of the molecule is OC1COC(OCCS)C(O)C1O. The van der Waals surface area contributed by atoms with Gasteiger partial charge in [0.05, 0.1) is 13.2 Å². The summed E-state index contributed by atoms with van der Waals surface area (Å²) in [6, 6.07) is 0. The van der Waals surface area contributed by atoms with Crippen LogP contribution in [0.3, 0.4) is 0 Å². The second-order valence-corrected chi connectivity index (χ2v) is 3.29. The number of hydrogen-bond donors (Lipinski definition) is 4. The second kappa shape index (κ2) is 5.14. The van der Waals surface area contributed by atoms with E-state index in [4.69, 9.17) is 14.6 Å². The lowest BCUT2D eigenvalue weighted by atomic mass is 10.1. The monoisotopic (exact) mass is 210 g/mol. The summed E-state index contributed by atoms with van der Waals surface area (Å²) >= 11 is 3.92. The summed E-state index contributed by atoms with van der Waals surface area (Å²) in [6.45, 7) is 0.295. The fraction of sp³-hybridized carbons (Fsp3) is 1.00. The summed E-state index contributed by atoms with van der Waals surface area (Å²) in [5.41, 5.74) is 0. The van der Waals surface area contributed by atoms with E-state index in [1.165, 1.54) is 0 Å². The fourth-order valence-corrected chi connectivity index (χ4v) is 1.20. The molecular formula is C7H14O5S. The van der Waals surface area contributed by atoms with Crippen LogP contribution >= 0.6 is 12.6 Å². The highest BCUT2D eigenvalue weighted by molar-refractivity contribution is 7.80. The summed E-state index contributed by atoms with van der Waals surface area (Å²) in [6.07, 6.45) is -4.33. The van der Waals surface area contributed by atoms with Crippen LogP contribution in [0.5, 0.6) is 0 Å². The summed E-state index contributed by atoms with van der Waals surface area (Å²) in [5.74, 6) is 0.505. The minimum atomic E-state index is -1.21. The minimum Gasteiger partial charge on any atom is -0.388 e. The Kier molecular flexibility index (Phi) is 4.43. The molecule has 4 unspecified atom stereocenters. The van der Waals surface area contributed by atoms with E-state index >= 15 is 0 Å². The molecule has 1 heterocycles. The highest BCUT2D eigenvalue weighted by Gasteiger charge is 2.37. The van der Waals surface area contributed by atoms with E-state index in [0.29, 0.717) is 12.4 Å². The van der Waals surface area contributed by atoms with Crippen molar-refractivity contribution in [2.75, 3.05) is 19.0 Å². The summed E-state index contributed by atoms with van der Waals surface area (Å²) in [4.78, 5) is 0. The summed E-state index contributed by atoms with van der Waals surface area (Å²) < 4.78 is 10.0. The third kappa shape index (κ3) is 2.80. The van der Waals surface area contributed by atoms with E-state index in [1.54, 1.807) is 0 Å². The average Bonchev–Trinajstić information content (AvgIpc) is 2.13. The van der Waals surface area contributed by atoms with Gasteiger partial charge in [-0.15, -0.1) is 0 Å². The molecule has 1 fully saturated rings. The number of hydrogen-bond acceptors (Lipinski definition) is 6. The van der Waals surface area contributed by atoms with Gasteiger partial charge in [-0.3, -0.25) is 0 Å². The van der Waals surface area contributed by atoms with Gasteiger partial charge in [0.15, 0.2) is 6.29 Å². The van der Waals surface area contributed by atoms with E-state index < -0.39 is 24.6 Å². The van der Waals surface area contributed by atoms with Crippen molar-refractivity contribution in [2.45, 2.75) is 24.6 Å². The molecule has 1 saturated heterocycles. The summed E-state index contributed by atoms with van der Waals surface area (Å²) in [7, 11) is 0. The normalized spacial score (nSPS) is 40.6. The van der Waals surface area contributed by atoms with E-state index in [9.17, 15) is 10.2 Å². The van der Waals surface area contributed by atoms with Gasteiger partial charge in [0.2, 0.25) is 0 Å². The predicted molar refractivity (Wildman–Crippen MR) is 47.6 cm³/mol. The Labute approximate surface area is 81.7 Å².